The Morgan fingerprint density at radius 1 is 0.868 bits per heavy atom. The van der Waals surface area contributed by atoms with E-state index in [-0.39, 0.29) is 12.4 Å². The van der Waals surface area contributed by atoms with E-state index in [0.717, 1.165) is 22.3 Å². The summed E-state index contributed by atoms with van der Waals surface area (Å²) in [6.45, 7) is 3.86. The first-order valence-corrected chi connectivity index (χ1v) is 12.4. The molecule has 0 N–H and O–H groups in total. The van der Waals surface area contributed by atoms with Crippen LogP contribution < -0.4 is 4.74 Å². The van der Waals surface area contributed by atoms with Crippen LogP contribution in [-0.4, -0.2) is 21.9 Å². The van der Waals surface area contributed by atoms with Gasteiger partial charge in [0.15, 0.2) is 11.4 Å². The number of hydrogen-bond donors (Lipinski definition) is 0. The number of Topliss-reactive ketones (excluding diaryl/α,β-unsaturated/α-hetero) is 1. The van der Waals surface area contributed by atoms with Gasteiger partial charge in [-0.1, -0.05) is 67.3 Å². The van der Waals surface area contributed by atoms with Crippen LogP contribution in [0, 0.1) is 0 Å². The average Bonchev–Trinajstić information content (AvgIpc) is 3.52. The number of carbonyl (C=O) groups is 1. The standard InChI is InChI=1S/C33H22N2O3/c1-2-3-4-9-22-20-37-30-19-31-27(18-26(30)32(22)36)34-33(38-31)21-14-16-23(17-15-21)35-28-12-7-5-10-24(28)25-11-6-8-13-29(25)35/h2-19H,1,20H2. The smallest absolute Gasteiger partial charge is 0.227 e. The van der Waals surface area contributed by atoms with Gasteiger partial charge in [0.25, 0.3) is 0 Å². The summed E-state index contributed by atoms with van der Waals surface area (Å²) in [5, 5.41) is 2.45. The number of allylic oxidation sites excluding steroid dienone is 4. The molecule has 0 spiro atoms. The second-order valence-corrected chi connectivity index (χ2v) is 9.18. The molecular formula is C33H22N2O3. The van der Waals surface area contributed by atoms with Gasteiger partial charge in [-0.15, -0.1) is 0 Å². The molecule has 2 aromatic heterocycles. The van der Waals surface area contributed by atoms with Gasteiger partial charge in [0, 0.05) is 33.7 Å². The van der Waals surface area contributed by atoms with Crippen molar-refractivity contribution in [3.05, 3.63) is 127 Å². The molecule has 0 saturated carbocycles. The number of oxazole rings is 1. The van der Waals surface area contributed by atoms with Crippen LogP contribution in [0.3, 0.4) is 0 Å². The molecule has 0 saturated heterocycles. The van der Waals surface area contributed by atoms with Crippen LogP contribution in [0.25, 0.3) is 50.0 Å². The highest BCUT2D eigenvalue weighted by Gasteiger charge is 2.25. The van der Waals surface area contributed by atoms with Gasteiger partial charge in [-0.2, -0.15) is 0 Å². The highest BCUT2D eigenvalue weighted by Crippen LogP contribution is 2.35. The van der Waals surface area contributed by atoms with Crippen molar-refractivity contribution in [2.45, 2.75) is 0 Å². The van der Waals surface area contributed by atoms with Crippen molar-refractivity contribution in [3.63, 3.8) is 0 Å². The number of aromatic nitrogens is 2. The number of rotatable bonds is 4. The molecule has 1 aliphatic rings. The number of hydrogen-bond acceptors (Lipinski definition) is 4. The summed E-state index contributed by atoms with van der Waals surface area (Å²) in [7, 11) is 0. The number of fused-ring (bicyclic) bond motifs is 5. The molecule has 0 aliphatic carbocycles. The van der Waals surface area contributed by atoms with Crippen LogP contribution in [0.5, 0.6) is 5.75 Å². The second-order valence-electron chi connectivity index (χ2n) is 9.18. The normalized spacial score (nSPS) is 14.5. The van der Waals surface area contributed by atoms with Gasteiger partial charge in [-0.05, 0) is 42.5 Å². The number of ketones is 1. The zero-order valence-electron chi connectivity index (χ0n) is 20.4. The average molecular weight is 495 g/mol. The summed E-state index contributed by atoms with van der Waals surface area (Å²) in [4.78, 5) is 17.7. The van der Waals surface area contributed by atoms with Crippen molar-refractivity contribution in [2.75, 3.05) is 6.61 Å². The fourth-order valence-corrected chi connectivity index (χ4v) is 5.10. The number of carbonyl (C=O) groups excluding carboxylic acids is 1. The third-order valence-corrected chi connectivity index (χ3v) is 6.91. The van der Waals surface area contributed by atoms with Gasteiger partial charge < -0.3 is 13.7 Å². The summed E-state index contributed by atoms with van der Waals surface area (Å²) in [5.74, 6) is 0.937. The predicted molar refractivity (Wildman–Crippen MR) is 151 cm³/mol. The number of benzene rings is 4. The third kappa shape index (κ3) is 3.48. The van der Waals surface area contributed by atoms with E-state index in [0.29, 0.717) is 33.9 Å². The molecule has 5 nitrogen and oxygen atoms in total. The van der Waals surface area contributed by atoms with E-state index in [2.05, 4.69) is 71.8 Å². The Morgan fingerprint density at radius 2 is 1.58 bits per heavy atom. The van der Waals surface area contributed by atoms with Crippen LogP contribution in [0.4, 0.5) is 0 Å². The van der Waals surface area contributed by atoms with Crippen molar-refractivity contribution >= 4 is 38.7 Å². The van der Waals surface area contributed by atoms with Crippen molar-refractivity contribution < 1.29 is 13.9 Å². The van der Waals surface area contributed by atoms with Crippen molar-refractivity contribution in [1.82, 2.24) is 9.55 Å². The van der Waals surface area contributed by atoms with E-state index < -0.39 is 0 Å². The predicted octanol–water partition coefficient (Wildman–Crippen LogP) is 7.84. The summed E-state index contributed by atoms with van der Waals surface area (Å²) >= 11 is 0. The third-order valence-electron chi connectivity index (χ3n) is 6.91. The Kier molecular flexibility index (Phi) is 5.08. The minimum absolute atomic E-state index is 0.0676. The first kappa shape index (κ1) is 22.1. The molecule has 182 valence electrons. The van der Waals surface area contributed by atoms with Gasteiger partial charge >= 0.3 is 0 Å². The van der Waals surface area contributed by atoms with Gasteiger partial charge in [-0.3, -0.25) is 4.79 Å². The maximum atomic E-state index is 13.0. The van der Waals surface area contributed by atoms with Crippen LogP contribution in [-0.2, 0) is 0 Å². The number of ether oxygens (including phenoxy) is 1. The van der Waals surface area contributed by atoms with E-state index >= 15 is 0 Å². The Morgan fingerprint density at radius 3 is 2.29 bits per heavy atom. The Balaban J connectivity index is 1.26. The highest BCUT2D eigenvalue weighted by molar-refractivity contribution is 6.13. The molecule has 0 fully saturated rings. The Hall–Kier alpha value is -5.16. The minimum Gasteiger partial charge on any atom is -0.488 e. The molecule has 0 unspecified atom stereocenters. The highest BCUT2D eigenvalue weighted by atomic mass is 16.5. The minimum atomic E-state index is -0.0676. The number of para-hydroxylation sites is 2. The van der Waals surface area contributed by atoms with Crippen LogP contribution in [0.2, 0.25) is 0 Å². The van der Waals surface area contributed by atoms with Gasteiger partial charge in [0.05, 0.1) is 16.6 Å². The van der Waals surface area contributed by atoms with E-state index in [4.69, 9.17) is 14.1 Å². The van der Waals surface area contributed by atoms with E-state index in [1.807, 2.05) is 12.1 Å². The van der Waals surface area contributed by atoms with Crippen LogP contribution >= 0.6 is 0 Å². The zero-order valence-corrected chi connectivity index (χ0v) is 20.4. The molecule has 0 atom stereocenters. The molecule has 0 radical (unpaired) electrons. The molecule has 3 heterocycles. The fraction of sp³-hybridized carbons (Fsp3) is 0.0303. The lowest BCUT2D eigenvalue weighted by Gasteiger charge is -2.18. The molecule has 5 heteroatoms. The van der Waals surface area contributed by atoms with Gasteiger partial charge in [0.1, 0.15) is 17.9 Å². The molecular weight excluding hydrogens is 472 g/mol. The lowest BCUT2D eigenvalue weighted by Crippen LogP contribution is -2.18. The van der Waals surface area contributed by atoms with Crippen LogP contribution in [0.1, 0.15) is 10.4 Å². The van der Waals surface area contributed by atoms with Gasteiger partial charge in [0.2, 0.25) is 5.89 Å². The Bertz CT molecular complexity index is 1900. The molecule has 38 heavy (non-hydrogen) atoms. The van der Waals surface area contributed by atoms with Crippen molar-refractivity contribution in [3.8, 4) is 22.9 Å². The van der Waals surface area contributed by atoms with E-state index in [1.165, 1.54) is 10.8 Å². The van der Waals surface area contributed by atoms with Gasteiger partial charge in [-0.25, -0.2) is 4.98 Å². The quantitative estimate of drug-likeness (QED) is 0.185. The fourth-order valence-electron chi connectivity index (χ4n) is 5.10. The molecule has 4 aromatic carbocycles. The molecule has 1 aliphatic heterocycles. The Labute approximate surface area is 218 Å². The van der Waals surface area contributed by atoms with E-state index in [9.17, 15) is 4.79 Å². The first-order valence-electron chi connectivity index (χ1n) is 12.4. The molecule has 7 rings (SSSR count). The maximum absolute atomic E-state index is 13.0. The van der Waals surface area contributed by atoms with E-state index in [1.54, 1.807) is 36.4 Å². The lowest BCUT2D eigenvalue weighted by atomic mass is 9.99. The summed E-state index contributed by atoms with van der Waals surface area (Å²) in [5.41, 5.74) is 6.50. The topological polar surface area (TPSA) is 57.3 Å². The molecule has 0 bridgehead atoms. The summed E-state index contributed by atoms with van der Waals surface area (Å²) < 4.78 is 14.2. The maximum Gasteiger partial charge on any atom is 0.227 e. The second kappa shape index (κ2) is 8.75. The summed E-state index contributed by atoms with van der Waals surface area (Å²) in [6, 6.07) is 28.6. The lowest BCUT2D eigenvalue weighted by molar-refractivity contribution is 0.0999. The monoisotopic (exact) mass is 494 g/mol. The SMILES string of the molecule is C=CC=CC=C1COc2cc3oc(-c4ccc(-n5c6ccccc6c6ccccc65)cc4)nc3cc2C1=O. The molecule has 6 aromatic rings. The van der Waals surface area contributed by atoms with Crippen LogP contribution in [0.15, 0.2) is 126 Å². The zero-order chi connectivity index (χ0) is 25.6. The van der Waals surface area contributed by atoms with Crippen molar-refractivity contribution in [2.24, 2.45) is 0 Å². The largest absolute Gasteiger partial charge is 0.488 e. The summed E-state index contributed by atoms with van der Waals surface area (Å²) in [6.07, 6.45) is 6.97. The molecule has 0 amide bonds. The van der Waals surface area contributed by atoms with Crippen molar-refractivity contribution in [1.29, 1.82) is 0 Å². The number of nitrogens with zero attached hydrogens (tertiary/aromatic N) is 2. The first-order chi connectivity index (χ1) is 18.7.